The Kier molecular flexibility index (Phi) is 5.30. The Labute approximate surface area is 157 Å². The molecule has 0 fully saturated rings. The number of methoxy groups -OCH3 is 2. The fraction of sp³-hybridized carbons (Fsp3) is 0.350. The van der Waals surface area contributed by atoms with E-state index in [1.165, 1.54) is 0 Å². The van der Waals surface area contributed by atoms with E-state index < -0.39 is 0 Å². The van der Waals surface area contributed by atoms with E-state index in [1.807, 2.05) is 39.0 Å². The molecule has 0 aliphatic carbocycles. The first-order valence-corrected chi connectivity index (χ1v) is 8.72. The van der Waals surface area contributed by atoms with Gasteiger partial charge < -0.3 is 18.9 Å². The molecule has 0 saturated carbocycles. The van der Waals surface area contributed by atoms with E-state index in [9.17, 15) is 4.79 Å². The number of benzene rings is 1. The van der Waals surface area contributed by atoms with Crippen molar-refractivity contribution in [1.29, 1.82) is 0 Å². The highest BCUT2D eigenvalue weighted by Crippen LogP contribution is 2.29. The number of carbonyl (C=O) groups excluding carboxylic acids is 1. The van der Waals surface area contributed by atoms with Gasteiger partial charge in [0.2, 0.25) is 0 Å². The molecule has 0 aliphatic heterocycles. The summed E-state index contributed by atoms with van der Waals surface area (Å²) < 4.78 is 15.9. The molecule has 2 aromatic heterocycles. The van der Waals surface area contributed by atoms with E-state index in [-0.39, 0.29) is 5.91 Å². The average Bonchev–Trinajstić information content (AvgIpc) is 3.05. The number of ether oxygens (including phenoxy) is 2. The Morgan fingerprint density at radius 3 is 2.56 bits per heavy atom. The summed E-state index contributed by atoms with van der Waals surface area (Å²) in [6.45, 7) is 6.59. The molecule has 0 bridgehead atoms. The number of nitrogens with zero attached hydrogens (tertiary/aromatic N) is 3. The molecule has 142 valence electrons. The summed E-state index contributed by atoms with van der Waals surface area (Å²) in [5.41, 5.74) is 3.26. The van der Waals surface area contributed by atoms with Crippen molar-refractivity contribution in [3.63, 3.8) is 0 Å². The smallest absolute Gasteiger partial charge is 0.258 e. The van der Waals surface area contributed by atoms with Gasteiger partial charge in [-0.05, 0) is 44.5 Å². The topological polar surface area (TPSA) is 77.7 Å². The first kappa shape index (κ1) is 18.7. The van der Waals surface area contributed by atoms with Gasteiger partial charge >= 0.3 is 0 Å². The predicted molar refractivity (Wildman–Crippen MR) is 101 cm³/mol. The van der Waals surface area contributed by atoms with Crippen LogP contribution in [0.15, 0.2) is 28.8 Å². The summed E-state index contributed by atoms with van der Waals surface area (Å²) in [7, 11) is 3.19. The number of fused-ring (bicyclic) bond motifs is 1. The number of aryl methyl sites for hydroxylation is 2. The van der Waals surface area contributed by atoms with E-state index in [0.717, 1.165) is 5.56 Å². The number of pyridine rings is 1. The zero-order chi connectivity index (χ0) is 19.6. The molecule has 0 radical (unpaired) electrons. The Hall–Kier alpha value is -3.09. The van der Waals surface area contributed by atoms with Gasteiger partial charge in [-0.15, -0.1) is 0 Å². The Morgan fingerprint density at radius 1 is 1.15 bits per heavy atom. The third-order valence-electron chi connectivity index (χ3n) is 4.47. The second-order valence-electron chi connectivity index (χ2n) is 6.27. The van der Waals surface area contributed by atoms with Crippen molar-refractivity contribution in [2.75, 3.05) is 20.8 Å². The number of rotatable bonds is 6. The van der Waals surface area contributed by atoms with Crippen LogP contribution in [0.3, 0.4) is 0 Å². The number of hydrogen-bond acceptors (Lipinski definition) is 6. The highest BCUT2D eigenvalue weighted by atomic mass is 16.5. The monoisotopic (exact) mass is 369 g/mol. The summed E-state index contributed by atoms with van der Waals surface area (Å²) in [5, 5.41) is 4.62. The second kappa shape index (κ2) is 7.65. The van der Waals surface area contributed by atoms with Crippen LogP contribution in [0.5, 0.6) is 11.5 Å². The Morgan fingerprint density at radius 2 is 1.89 bits per heavy atom. The maximum atomic E-state index is 13.2. The minimum Gasteiger partial charge on any atom is -0.493 e. The van der Waals surface area contributed by atoms with Gasteiger partial charge in [0, 0.05) is 18.8 Å². The van der Waals surface area contributed by atoms with Crippen LogP contribution in [-0.4, -0.2) is 41.7 Å². The van der Waals surface area contributed by atoms with Crippen LogP contribution >= 0.6 is 0 Å². The summed E-state index contributed by atoms with van der Waals surface area (Å²) in [6.07, 6.45) is 0. The van der Waals surface area contributed by atoms with Crippen molar-refractivity contribution >= 4 is 17.0 Å². The standard InChI is InChI=1S/C20H23N3O4/c1-6-23(11-14-7-8-16(25-4)17(10-14)26-5)20(24)15-9-12(2)21-19-18(15)13(3)22-27-19/h7-10H,6,11H2,1-5H3. The maximum absolute atomic E-state index is 13.2. The predicted octanol–water partition coefficient (Wildman–Crippen LogP) is 3.52. The molecule has 0 saturated heterocycles. The van der Waals surface area contributed by atoms with Crippen molar-refractivity contribution in [2.45, 2.75) is 27.3 Å². The number of carbonyl (C=O) groups is 1. The number of hydrogen-bond donors (Lipinski definition) is 0. The van der Waals surface area contributed by atoms with Crippen LogP contribution in [0.25, 0.3) is 11.1 Å². The van der Waals surface area contributed by atoms with Crippen molar-refractivity contribution in [3.8, 4) is 11.5 Å². The molecule has 7 heteroatoms. The van der Waals surface area contributed by atoms with Crippen molar-refractivity contribution in [1.82, 2.24) is 15.0 Å². The molecule has 1 aromatic carbocycles. The molecule has 0 N–H and O–H groups in total. The van der Waals surface area contributed by atoms with Gasteiger partial charge in [-0.25, -0.2) is 4.98 Å². The number of amides is 1. The molecule has 0 unspecified atom stereocenters. The molecule has 1 amide bonds. The van der Waals surface area contributed by atoms with E-state index in [2.05, 4.69) is 10.1 Å². The van der Waals surface area contributed by atoms with Gasteiger partial charge in [0.15, 0.2) is 11.5 Å². The average molecular weight is 369 g/mol. The minimum atomic E-state index is -0.0888. The summed E-state index contributed by atoms with van der Waals surface area (Å²) >= 11 is 0. The first-order chi connectivity index (χ1) is 13.0. The zero-order valence-corrected chi connectivity index (χ0v) is 16.2. The van der Waals surface area contributed by atoms with Gasteiger partial charge in [-0.3, -0.25) is 4.79 Å². The third kappa shape index (κ3) is 3.58. The summed E-state index contributed by atoms with van der Waals surface area (Å²) in [5.74, 6) is 1.20. The lowest BCUT2D eigenvalue weighted by molar-refractivity contribution is 0.0754. The molecule has 7 nitrogen and oxygen atoms in total. The van der Waals surface area contributed by atoms with E-state index >= 15 is 0 Å². The Bertz CT molecular complexity index is 981. The fourth-order valence-electron chi connectivity index (χ4n) is 3.08. The van der Waals surface area contributed by atoms with Crippen LogP contribution in [0.1, 0.15) is 34.2 Å². The second-order valence-corrected chi connectivity index (χ2v) is 6.27. The highest BCUT2D eigenvalue weighted by Gasteiger charge is 2.22. The van der Waals surface area contributed by atoms with Gasteiger partial charge in [0.05, 0.1) is 30.9 Å². The lowest BCUT2D eigenvalue weighted by atomic mass is 10.1. The van der Waals surface area contributed by atoms with Gasteiger partial charge in [0.25, 0.3) is 11.6 Å². The maximum Gasteiger partial charge on any atom is 0.258 e. The molecule has 27 heavy (non-hydrogen) atoms. The summed E-state index contributed by atoms with van der Waals surface area (Å²) in [6, 6.07) is 7.43. The largest absolute Gasteiger partial charge is 0.493 e. The van der Waals surface area contributed by atoms with Gasteiger partial charge in [0.1, 0.15) is 0 Å². The van der Waals surface area contributed by atoms with E-state index in [1.54, 1.807) is 25.2 Å². The van der Waals surface area contributed by atoms with Crippen LogP contribution in [0.4, 0.5) is 0 Å². The molecule has 2 heterocycles. The Balaban J connectivity index is 1.95. The quantitative estimate of drug-likeness (QED) is 0.662. The van der Waals surface area contributed by atoms with Gasteiger partial charge in [-0.2, -0.15) is 0 Å². The van der Waals surface area contributed by atoms with E-state index in [0.29, 0.717) is 52.6 Å². The highest BCUT2D eigenvalue weighted by molar-refractivity contribution is 6.06. The van der Waals surface area contributed by atoms with Crippen LogP contribution in [0, 0.1) is 13.8 Å². The molecule has 3 rings (SSSR count). The fourth-order valence-corrected chi connectivity index (χ4v) is 3.08. The lowest BCUT2D eigenvalue weighted by Gasteiger charge is -2.22. The zero-order valence-electron chi connectivity index (χ0n) is 16.2. The number of aromatic nitrogens is 2. The van der Waals surface area contributed by atoms with Crippen molar-refractivity contribution < 1.29 is 18.8 Å². The molecule has 0 aliphatic rings. The summed E-state index contributed by atoms with van der Waals surface area (Å²) in [4.78, 5) is 19.3. The van der Waals surface area contributed by atoms with Crippen LogP contribution in [0.2, 0.25) is 0 Å². The minimum absolute atomic E-state index is 0.0888. The molecule has 3 aromatic rings. The molecular weight excluding hydrogens is 346 g/mol. The SMILES string of the molecule is CCN(Cc1ccc(OC)c(OC)c1)C(=O)c1cc(C)nc2onc(C)c12. The first-order valence-electron chi connectivity index (χ1n) is 8.72. The molecule has 0 atom stereocenters. The lowest BCUT2D eigenvalue weighted by Crippen LogP contribution is -2.30. The molecular formula is C20H23N3O4. The van der Waals surface area contributed by atoms with Crippen LogP contribution in [-0.2, 0) is 6.54 Å². The van der Waals surface area contributed by atoms with Gasteiger partial charge in [-0.1, -0.05) is 11.2 Å². The normalized spacial score (nSPS) is 10.9. The van der Waals surface area contributed by atoms with E-state index in [4.69, 9.17) is 14.0 Å². The third-order valence-corrected chi connectivity index (χ3v) is 4.47. The van der Waals surface area contributed by atoms with Crippen LogP contribution < -0.4 is 9.47 Å². The van der Waals surface area contributed by atoms with Crippen molar-refractivity contribution in [2.24, 2.45) is 0 Å². The van der Waals surface area contributed by atoms with Crippen molar-refractivity contribution in [3.05, 3.63) is 46.8 Å². The molecule has 0 spiro atoms.